The van der Waals surface area contributed by atoms with Gasteiger partial charge in [0, 0.05) is 11.4 Å². The number of hydrogen-bond donors (Lipinski definition) is 1. The molecule has 0 atom stereocenters. The number of halogens is 2. The van der Waals surface area contributed by atoms with Crippen LogP contribution in [0.1, 0.15) is 31.2 Å². The van der Waals surface area contributed by atoms with Crippen molar-refractivity contribution in [2.45, 2.75) is 33.3 Å². The largest absolute Gasteiger partial charge is 0.433 e. The zero-order valence-electron chi connectivity index (χ0n) is 15.9. The molecule has 3 aromatic rings. The highest BCUT2D eigenvalue weighted by atomic mass is 32.1. The molecule has 2 aromatic carbocycles. The highest BCUT2D eigenvalue weighted by Crippen LogP contribution is 2.30. The zero-order chi connectivity index (χ0) is 20.6. The fourth-order valence-electron chi connectivity index (χ4n) is 2.79. The van der Waals surface area contributed by atoms with Crippen LogP contribution < -0.4 is 10.1 Å². The van der Waals surface area contributed by atoms with E-state index in [-0.39, 0.29) is 17.2 Å². The van der Waals surface area contributed by atoms with Gasteiger partial charge in [0.25, 0.3) is 5.91 Å². The summed E-state index contributed by atoms with van der Waals surface area (Å²) in [5.74, 6) is -0.535. The molecule has 1 amide bonds. The van der Waals surface area contributed by atoms with Gasteiger partial charge in [-0.2, -0.15) is 8.78 Å². The van der Waals surface area contributed by atoms with E-state index in [1.165, 1.54) is 6.07 Å². The highest BCUT2D eigenvalue weighted by molar-refractivity contribution is 7.14. The first-order chi connectivity index (χ1) is 14.0. The number of nitrogens with one attached hydrogen (secondary N) is 1. The summed E-state index contributed by atoms with van der Waals surface area (Å²) in [5.41, 5.74) is 2.98. The average molecular weight is 417 g/mol. The molecule has 1 aromatic heterocycles. The van der Waals surface area contributed by atoms with Gasteiger partial charge in [-0.05, 0) is 29.7 Å². The normalized spacial score (nSPS) is 10.9. The highest BCUT2D eigenvalue weighted by Gasteiger charge is 2.19. The molecule has 0 bridgehead atoms. The Balaban J connectivity index is 1.54. The van der Waals surface area contributed by atoms with Crippen molar-refractivity contribution in [1.82, 2.24) is 5.32 Å². The smallest absolute Gasteiger partial charge is 0.387 e. The summed E-state index contributed by atoms with van der Waals surface area (Å²) >= 11 is 1.12. The number of carbonyl (C=O) groups is 1. The summed E-state index contributed by atoms with van der Waals surface area (Å²) < 4.78 is 35.2. The number of hydrogen-bond acceptors (Lipinski definition) is 4. The molecule has 3 rings (SSSR count). The second-order valence-electron chi connectivity index (χ2n) is 6.41. The molecular weight excluding hydrogens is 396 g/mol. The second kappa shape index (κ2) is 10.1. The third kappa shape index (κ3) is 6.37. The number of ether oxygens (including phenoxy) is 2. The van der Waals surface area contributed by atoms with Crippen molar-refractivity contribution in [2.24, 2.45) is 0 Å². The lowest BCUT2D eigenvalue weighted by molar-refractivity contribution is -0.0498. The van der Waals surface area contributed by atoms with Crippen molar-refractivity contribution in [2.75, 3.05) is 0 Å². The van der Waals surface area contributed by atoms with Crippen LogP contribution in [0.15, 0.2) is 60.7 Å². The van der Waals surface area contributed by atoms with Gasteiger partial charge in [-0.25, -0.2) is 0 Å². The molecule has 0 spiro atoms. The minimum atomic E-state index is -2.97. The quantitative estimate of drug-likeness (QED) is 0.514. The summed E-state index contributed by atoms with van der Waals surface area (Å²) in [6.45, 7) is 0.0116. The number of amides is 1. The molecule has 4 nitrogen and oxygen atoms in total. The van der Waals surface area contributed by atoms with Crippen molar-refractivity contribution >= 4 is 17.2 Å². The first kappa shape index (κ1) is 21.0. The maximum absolute atomic E-state index is 12.5. The van der Waals surface area contributed by atoms with Gasteiger partial charge in [-0.3, -0.25) is 4.79 Å². The fourth-order valence-corrected chi connectivity index (χ4v) is 3.65. The van der Waals surface area contributed by atoms with Gasteiger partial charge in [0.15, 0.2) is 0 Å². The molecule has 0 saturated heterocycles. The van der Waals surface area contributed by atoms with Crippen molar-refractivity contribution in [3.8, 4) is 5.75 Å². The van der Waals surface area contributed by atoms with E-state index in [1.807, 2.05) is 54.6 Å². The van der Waals surface area contributed by atoms with Gasteiger partial charge < -0.3 is 14.8 Å². The first-order valence-electron chi connectivity index (χ1n) is 9.04. The Morgan fingerprint density at radius 1 is 1.00 bits per heavy atom. The maximum atomic E-state index is 12.5. The van der Waals surface area contributed by atoms with Crippen molar-refractivity contribution < 1.29 is 23.0 Å². The van der Waals surface area contributed by atoms with E-state index >= 15 is 0 Å². The molecule has 0 aliphatic rings. The monoisotopic (exact) mass is 417 g/mol. The third-order valence-corrected chi connectivity index (χ3v) is 5.10. The maximum Gasteiger partial charge on any atom is 0.387 e. The summed E-state index contributed by atoms with van der Waals surface area (Å²) in [6, 6.07) is 19.0. The Kier molecular flexibility index (Phi) is 7.32. The Morgan fingerprint density at radius 3 is 2.45 bits per heavy atom. The Labute approximate surface area is 172 Å². The molecule has 0 saturated carbocycles. The van der Waals surface area contributed by atoms with Crippen LogP contribution in [-0.4, -0.2) is 12.5 Å². The molecule has 0 aliphatic carbocycles. The predicted octanol–water partition coefficient (Wildman–Crippen LogP) is 5.30. The van der Waals surface area contributed by atoms with Crippen LogP contribution in [0.4, 0.5) is 8.78 Å². The van der Waals surface area contributed by atoms with E-state index in [9.17, 15) is 13.6 Å². The lowest BCUT2D eigenvalue weighted by atomic mass is 10.1. The van der Waals surface area contributed by atoms with E-state index < -0.39 is 12.5 Å². The number of benzene rings is 2. The molecule has 0 unspecified atom stereocenters. The summed E-state index contributed by atoms with van der Waals surface area (Å²) in [6.07, 6.45) is 0. The summed E-state index contributed by atoms with van der Waals surface area (Å²) in [5, 5.41) is 2.76. The zero-order valence-corrected chi connectivity index (χ0v) is 16.7. The summed E-state index contributed by atoms with van der Waals surface area (Å²) in [7, 11) is 0. The molecule has 29 heavy (non-hydrogen) atoms. The van der Waals surface area contributed by atoms with E-state index in [4.69, 9.17) is 4.74 Å². The van der Waals surface area contributed by atoms with Gasteiger partial charge in [0.1, 0.15) is 10.6 Å². The topological polar surface area (TPSA) is 47.6 Å². The molecule has 0 radical (unpaired) electrons. The van der Waals surface area contributed by atoms with Gasteiger partial charge in [0.05, 0.1) is 13.2 Å². The minimum absolute atomic E-state index is 0.0944. The number of carbonyl (C=O) groups excluding carboxylic acids is 1. The predicted molar refractivity (Wildman–Crippen MR) is 108 cm³/mol. The molecule has 0 fully saturated rings. The van der Waals surface area contributed by atoms with E-state index in [1.54, 1.807) is 6.92 Å². The molecular formula is C22H21F2NO3S. The van der Waals surface area contributed by atoms with Crippen molar-refractivity contribution in [3.63, 3.8) is 0 Å². The van der Waals surface area contributed by atoms with Crippen LogP contribution in [0.3, 0.4) is 0 Å². The molecule has 7 heteroatoms. The van der Waals surface area contributed by atoms with Crippen LogP contribution in [0.5, 0.6) is 5.75 Å². The van der Waals surface area contributed by atoms with Gasteiger partial charge >= 0.3 is 6.61 Å². The number of aryl methyl sites for hydroxylation is 1. The van der Waals surface area contributed by atoms with Gasteiger partial charge in [-0.15, -0.1) is 11.3 Å². The Morgan fingerprint density at radius 2 is 1.69 bits per heavy atom. The average Bonchev–Trinajstić information content (AvgIpc) is 3.07. The lowest BCUT2D eigenvalue weighted by Crippen LogP contribution is -2.22. The number of thiophene rings is 1. The Hall–Kier alpha value is -2.77. The molecule has 1 N–H and O–H groups in total. The molecule has 1 heterocycles. The van der Waals surface area contributed by atoms with E-state index in [0.29, 0.717) is 13.2 Å². The summed E-state index contributed by atoms with van der Waals surface area (Å²) in [4.78, 5) is 13.3. The number of alkyl halides is 2. The standard InChI is InChI=1S/C22H21F2NO3S/c1-15-10-19(28-22(23)24)20(29-15)21(26)25-12-17-8-5-9-18(11-17)14-27-13-16-6-3-2-4-7-16/h2-11,22H,12-14H2,1H3,(H,25,26). The lowest BCUT2D eigenvalue weighted by Gasteiger charge is -2.09. The fraction of sp³-hybridized carbons (Fsp3) is 0.227. The number of rotatable bonds is 9. The third-order valence-electron chi connectivity index (χ3n) is 4.07. The van der Waals surface area contributed by atoms with Crippen LogP contribution in [0.2, 0.25) is 0 Å². The van der Waals surface area contributed by atoms with E-state index in [0.717, 1.165) is 32.9 Å². The Bertz CT molecular complexity index is 944. The van der Waals surface area contributed by atoms with Gasteiger partial charge in [-0.1, -0.05) is 54.6 Å². The molecule has 0 aliphatic heterocycles. The second-order valence-corrected chi connectivity index (χ2v) is 7.67. The molecule has 152 valence electrons. The first-order valence-corrected chi connectivity index (χ1v) is 9.86. The van der Waals surface area contributed by atoms with Crippen LogP contribution in [-0.2, 0) is 24.5 Å². The van der Waals surface area contributed by atoms with Crippen LogP contribution in [0, 0.1) is 6.92 Å². The van der Waals surface area contributed by atoms with Crippen molar-refractivity contribution in [3.05, 3.63) is 87.1 Å². The van der Waals surface area contributed by atoms with Gasteiger partial charge in [0.2, 0.25) is 0 Å². The SMILES string of the molecule is Cc1cc(OC(F)F)c(C(=O)NCc2cccc(COCc3ccccc3)c2)s1. The van der Waals surface area contributed by atoms with Crippen molar-refractivity contribution in [1.29, 1.82) is 0 Å². The van der Waals surface area contributed by atoms with Crippen LogP contribution in [0.25, 0.3) is 0 Å². The van der Waals surface area contributed by atoms with E-state index in [2.05, 4.69) is 10.1 Å². The minimum Gasteiger partial charge on any atom is -0.433 e. The van der Waals surface area contributed by atoms with Crippen LogP contribution >= 0.6 is 11.3 Å².